The summed E-state index contributed by atoms with van der Waals surface area (Å²) in [5.41, 5.74) is 2.14. The Hall–Kier alpha value is -2.30. The van der Waals surface area contributed by atoms with Gasteiger partial charge in [-0.25, -0.2) is 0 Å². The van der Waals surface area contributed by atoms with Gasteiger partial charge in [0.25, 0.3) is 5.91 Å². The molecule has 0 saturated carbocycles. The highest BCUT2D eigenvalue weighted by Gasteiger charge is 2.26. The molecule has 0 radical (unpaired) electrons. The lowest BCUT2D eigenvalue weighted by Crippen LogP contribution is -2.51. The van der Waals surface area contributed by atoms with Crippen molar-refractivity contribution in [1.29, 1.82) is 0 Å². The van der Waals surface area contributed by atoms with Gasteiger partial charge in [-0.2, -0.15) is 0 Å². The topological polar surface area (TPSA) is 32.8 Å². The highest BCUT2D eigenvalue weighted by molar-refractivity contribution is 6.30. The lowest BCUT2D eigenvalue weighted by Gasteiger charge is -2.35. The van der Waals surface area contributed by atoms with Crippen molar-refractivity contribution >= 4 is 23.6 Å². The molecule has 2 aromatic carbocycles. The van der Waals surface area contributed by atoms with E-state index in [1.807, 2.05) is 49.1 Å². The lowest BCUT2D eigenvalue weighted by molar-refractivity contribution is -0.139. The van der Waals surface area contributed by atoms with Crippen LogP contribution in [0, 0.1) is 6.92 Å². The van der Waals surface area contributed by atoms with Crippen LogP contribution < -0.4 is 4.74 Å². The first-order chi connectivity index (χ1) is 13.5. The van der Waals surface area contributed by atoms with Crippen molar-refractivity contribution in [3.63, 3.8) is 0 Å². The van der Waals surface area contributed by atoms with Crippen molar-refractivity contribution in [2.75, 3.05) is 32.7 Å². The van der Waals surface area contributed by atoms with Crippen LogP contribution in [0.1, 0.15) is 18.1 Å². The number of aryl methyl sites for hydroxylation is 1. The monoisotopic (exact) mass is 398 g/mol. The van der Waals surface area contributed by atoms with Crippen LogP contribution >= 0.6 is 11.6 Å². The van der Waals surface area contributed by atoms with Crippen molar-refractivity contribution in [1.82, 2.24) is 9.80 Å². The van der Waals surface area contributed by atoms with Crippen molar-refractivity contribution in [3.8, 4) is 5.75 Å². The Kier molecular flexibility index (Phi) is 7.12. The van der Waals surface area contributed by atoms with Crippen molar-refractivity contribution < 1.29 is 9.53 Å². The second-order valence-corrected chi connectivity index (χ2v) is 7.55. The summed E-state index contributed by atoms with van der Waals surface area (Å²) < 4.78 is 5.88. The van der Waals surface area contributed by atoms with Gasteiger partial charge in [-0.3, -0.25) is 9.69 Å². The predicted octanol–water partition coefficient (Wildman–Crippen LogP) is 4.27. The Morgan fingerprint density at radius 3 is 2.54 bits per heavy atom. The van der Waals surface area contributed by atoms with E-state index in [4.69, 9.17) is 16.3 Å². The molecule has 5 heteroatoms. The summed E-state index contributed by atoms with van der Waals surface area (Å²) in [5, 5.41) is 0.668. The average Bonchev–Trinajstić information content (AvgIpc) is 2.71. The summed E-state index contributed by atoms with van der Waals surface area (Å²) in [7, 11) is 0. The number of piperazine rings is 1. The third kappa shape index (κ3) is 5.60. The molecular weight excluding hydrogens is 372 g/mol. The largest absolute Gasteiger partial charge is 0.481 e. The van der Waals surface area contributed by atoms with Crippen LogP contribution in [-0.4, -0.2) is 54.5 Å². The normalized spacial score (nSPS) is 16.3. The molecule has 1 amide bonds. The zero-order valence-corrected chi connectivity index (χ0v) is 17.2. The fourth-order valence-electron chi connectivity index (χ4n) is 3.30. The van der Waals surface area contributed by atoms with E-state index in [-0.39, 0.29) is 5.91 Å². The van der Waals surface area contributed by atoms with Gasteiger partial charge in [-0.15, -0.1) is 0 Å². The van der Waals surface area contributed by atoms with Crippen LogP contribution in [0.4, 0.5) is 0 Å². The molecule has 3 rings (SSSR count). The Bertz CT molecular complexity index is 815. The first kappa shape index (κ1) is 20.4. The molecule has 1 unspecified atom stereocenters. The third-order valence-corrected chi connectivity index (χ3v) is 5.18. The highest BCUT2D eigenvalue weighted by Crippen LogP contribution is 2.23. The average molecular weight is 399 g/mol. The molecule has 4 nitrogen and oxygen atoms in total. The molecule has 0 spiro atoms. The summed E-state index contributed by atoms with van der Waals surface area (Å²) in [6.07, 6.45) is 3.81. The second kappa shape index (κ2) is 9.76. The van der Waals surface area contributed by atoms with Crippen LogP contribution in [0.5, 0.6) is 5.75 Å². The molecule has 1 atom stereocenters. The van der Waals surface area contributed by atoms with E-state index in [2.05, 4.69) is 29.2 Å². The minimum atomic E-state index is -0.510. The van der Waals surface area contributed by atoms with Gasteiger partial charge in [0, 0.05) is 37.7 Å². The number of carbonyl (C=O) groups is 1. The molecule has 1 aliphatic rings. The Morgan fingerprint density at radius 1 is 1.14 bits per heavy atom. The minimum Gasteiger partial charge on any atom is -0.481 e. The van der Waals surface area contributed by atoms with Crippen LogP contribution in [0.15, 0.2) is 54.6 Å². The van der Waals surface area contributed by atoms with Gasteiger partial charge >= 0.3 is 0 Å². The number of carbonyl (C=O) groups excluding carboxylic acids is 1. The standard InChI is InChI=1S/C23H27ClN2O2/c1-18-17-21(24)10-11-22(18)28-19(2)23(27)26-15-13-25(14-16-26)12-6-9-20-7-4-3-5-8-20/h3-11,17,19H,12-16H2,1-2H3/b9-6+. The van der Waals surface area contributed by atoms with Gasteiger partial charge in [-0.1, -0.05) is 54.1 Å². The van der Waals surface area contributed by atoms with Gasteiger partial charge in [0.05, 0.1) is 0 Å². The zero-order chi connectivity index (χ0) is 19.9. The lowest BCUT2D eigenvalue weighted by atomic mass is 10.2. The number of rotatable bonds is 6. The van der Waals surface area contributed by atoms with E-state index < -0.39 is 6.10 Å². The minimum absolute atomic E-state index is 0.0360. The summed E-state index contributed by atoms with van der Waals surface area (Å²) in [4.78, 5) is 17.0. The number of amides is 1. The van der Waals surface area contributed by atoms with Crippen LogP contribution in [0.25, 0.3) is 6.08 Å². The first-order valence-electron chi connectivity index (χ1n) is 9.68. The molecule has 0 aliphatic carbocycles. The van der Waals surface area contributed by atoms with E-state index in [9.17, 15) is 4.79 Å². The van der Waals surface area contributed by atoms with E-state index >= 15 is 0 Å². The highest BCUT2D eigenvalue weighted by atomic mass is 35.5. The van der Waals surface area contributed by atoms with Crippen LogP contribution in [-0.2, 0) is 4.79 Å². The van der Waals surface area contributed by atoms with E-state index in [1.165, 1.54) is 5.56 Å². The third-order valence-electron chi connectivity index (χ3n) is 4.95. The SMILES string of the molecule is Cc1cc(Cl)ccc1OC(C)C(=O)N1CCN(C/C=C/c2ccccc2)CC1. The molecule has 1 saturated heterocycles. The maximum absolute atomic E-state index is 12.7. The fraction of sp³-hybridized carbons (Fsp3) is 0.348. The van der Waals surface area contributed by atoms with E-state index in [1.54, 1.807) is 6.07 Å². The molecular formula is C23H27ClN2O2. The number of halogens is 1. The second-order valence-electron chi connectivity index (χ2n) is 7.11. The first-order valence-corrected chi connectivity index (χ1v) is 10.1. The molecule has 0 aromatic heterocycles. The summed E-state index contributed by atoms with van der Waals surface area (Å²) in [6, 6.07) is 15.7. The van der Waals surface area contributed by atoms with Crippen LogP contribution in [0.2, 0.25) is 5.02 Å². The number of hydrogen-bond donors (Lipinski definition) is 0. The molecule has 2 aromatic rings. The van der Waals surface area contributed by atoms with E-state index in [0.717, 1.165) is 38.3 Å². The fourth-order valence-corrected chi connectivity index (χ4v) is 3.52. The number of nitrogens with zero attached hydrogens (tertiary/aromatic N) is 2. The summed E-state index contributed by atoms with van der Waals surface area (Å²) >= 11 is 5.98. The zero-order valence-electron chi connectivity index (χ0n) is 16.5. The van der Waals surface area contributed by atoms with Crippen molar-refractivity contribution in [3.05, 3.63) is 70.8 Å². The molecule has 1 aliphatic heterocycles. The van der Waals surface area contributed by atoms with Gasteiger partial charge in [0.1, 0.15) is 5.75 Å². The molecule has 0 N–H and O–H groups in total. The molecule has 1 fully saturated rings. The molecule has 0 bridgehead atoms. The van der Waals surface area contributed by atoms with Crippen LogP contribution in [0.3, 0.4) is 0 Å². The van der Waals surface area contributed by atoms with E-state index in [0.29, 0.717) is 10.8 Å². The molecule has 148 valence electrons. The quantitative estimate of drug-likeness (QED) is 0.728. The number of hydrogen-bond acceptors (Lipinski definition) is 3. The molecule has 1 heterocycles. The number of benzene rings is 2. The number of ether oxygens (including phenoxy) is 1. The Labute approximate surface area is 172 Å². The Morgan fingerprint density at radius 2 is 1.86 bits per heavy atom. The van der Waals surface area contributed by atoms with Gasteiger partial charge in [0.15, 0.2) is 6.10 Å². The molecule has 28 heavy (non-hydrogen) atoms. The van der Waals surface area contributed by atoms with Gasteiger partial charge in [0.2, 0.25) is 0 Å². The van der Waals surface area contributed by atoms with Gasteiger partial charge in [-0.05, 0) is 43.2 Å². The van der Waals surface area contributed by atoms with Gasteiger partial charge < -0.3 is 9.64 Å². The van der Waals surface area contributed by atoms with Crippen molar-refractivity contribution in [2.24, 2.45) is 0 Å². The maximum Gasteiger partial charge on any atom is 0.263 e. The summed E-state index contributed by atoms with van der Waals surface area (Å²) in [6.45, 7) is 7.84. The van der Waals surface area contributed by atoms with Crippen molar-refractivity contribution in [2.45, 2.75) is 20.0 Å². The predicted molar refractivity (Wildman–Crippen MR) is 115 cm³/mol. The summed E-state index contributed by atoms with van der Waals surface area (Å²) in [5.74, 6) is 0.740. The smallest absolute Gasteiger partial charge is 0.263 e. The maximum atomic E-state index is 12.7. The Balaban J connectivity index is 1.46.